The number of benzene rings is 2. The Bertz CT molecular complexity index is 1280. The van der Waals surface area contributed by atoms with Crippen molar-refractivity contribution in [3.8, 4) is 34.7 Å². The van der Waals surface area contributed by atoms with E-state index in [4.69, 9.17) is 14.2 Å². The lowest BCUT2D eigenvalue weighted by molar-refractivity contribution is 0.324. The third-order valence-corrected chi connectivity index (χ3v) is 4.75. The molecule has 0 aliphatic rings. The Kier molecular flexibility index (Phi) is 5.28. The van der Waals surface area contributed by atoms with Crippen molar-refractivity contribution in [1.29, 1.82) is 5.26 Å². The Labute approximate surface area is 178 Å². The fraction of sp³-hybridized carbons (Fsp3) is 0.182. The number of nitriles is 1. The van der Waals surface area contributed by atoms with Gasteiger partial charge in [0.05, 0.1) is 44.9 Å². The summed E-state index contributed by atoms with van der Waals surface area (Å²) in [6.45, 7) is 1.89. The molecule has 0 fully saturated rings. The molecule has 0 unspecified atom stereocenters. The van der Waals surface area contributed by atoms with Gasteiger partial charge < -0.3 is 19.5 Å². The molecule has 2 aromatic carbocycles. The molecular weight excluding hydrogens is 396 g/mol. The quantitative estimate of drug-likeness (QED) is 0.507. The molecule has 9 heteroatoms. The minimum absolute atomic E-state index is 0.358. The van der Waals surface area contributed by atoms with Crippen LogP contribution < -0.4 is 19.5 Å². The number of rotatable bonds is 6. The summed E-state index contributed by atoms with van der Waals surface area (Å²) in [5, 5.41) is 17.0. The van der Waals surface area contributed by atoms with Crippen molar-refractivity contribution in [2.45, 2.75) is 6.92 Å². The van der Waals surface area contributed by atoms with Crippen LogP contribution >= 0.6 is 0 Å². The van der Waals surface area contributed by atoms with Crippen LogP contribution in [-0.2, 0) is 0 Å². The number of imidazole rings is 1. The number of aromatic nitrogens is 4. The van der Waals surface area contributed by atoms with Crippen LogP contribution in [0.15, 0.2) is 42.6 Å². The fourth-order valence-corrected chi connectivity index (χ4v) is 3.28. The van der Waals surface area contributed by atoms with Gasteiger partial charge in [-0.1, -0.05) is 12.1 Å². The summed E-state index contributed by atoms with van der Waals surface area (Å²) in [7, 11) is 4.66. The summed E-state index contributed by atoms with van der Waals surface area (Å²) in [5.74, 6) is 2.50. The molecule has 4 rings (SSSR count). The number of anilines is 2. The molecule has 1 N–H and O–H groups in total. The SMILES string of the molecule is COc1cc(Nc2ncc3c(C)nc(-c4cccc(C#N)c4)n3n2)cc(OC)c1OC. The summed E-state index contributed by atoms with van der Waals surface area (Å²) >= 11 is 0. The number of nitrogens with one attached hydrogen (secondary N) is 1. The molecule has 0 spiro atoms. The number of nitrogens with zero attached hydrogens (tertiary/aromatic N) is 5. The third kappa shape index (κ3) is 3.67. The minimum Gasteiger partial charge on any atom is -0.493 e. The normalized spacial score (nSPS) is 10.5. The van der Waals surface area contributed by atoms with Crippen LogP contribution in [-0.4, -0.2) is 40.9 Å². The first-order chi connectivity index (χ1) is 15.1. The van der Waals surface area contributed by atoms with Gasteiger partial charge >= 0.3 is 0 Å². The lowest BCUT2D eigenvalue weighted by Gasteiger charge is -2.14. The Morgan fingerprint density at radius 2 is 1.77 bits per heavy atom. The van der Waals surface area contributed by atoms with E-state index in [1.54, 1.807) is 56.3 Å². The number of hydrogen-bond donors (Lipinski definition) is 1. The fourth-order valence-electron chi connectivity index (χ4n) is 3.28. The van der Waals surface area contributed by atoms with Crippen molar-refractivity contribution < 1.29 is 14.2 Å². The van der Waals surface area contributed by atoms with E-state index in [1.807, 2.05) is 19.1 Å². The van der Waals surface area contributed by atoms with Crippen LogP contribution in [0.3, 0.4) is 0 Å². The molecule has 0 amide bonds. The summed E-state index contributed by atoms with van der Waals surface area (Å²) in [4.78, 5) is 9.04. The predicted octanol–water partition coefficient (Wildman–Crippen LogP) is 3.74. The van der Waals surface area contributed by atoms with Gasteiger partial charge in [0.2, 0.25) is 11.7 Å². The second-order valence-electron chi connectivity index (χ2n) is 6.63. The van der Waals surface area contributed by atoms with Crippen molar-refractivity contribution in [3.05, 3.63) is 53.9 Å². The van der Waals surface area contributed by atoms with E-state index in [1.165, 1.54) is 0 Å². The van der Waals surface area contributed by atoms with Gasteiger partial charge in [-0.3, -0.25) is 0 Å². The second-order valence-corrected chi connectivity index (χ2v) is 6.63. The maximum atomic E-state index is 9.22. The molecule has 0 radical (unpaired) electrons. The summed E-state index contributed by atoms with van der Waals surface area (Å²) < 4.78 is 17.9. The van der Waals surface area contributed by atoms with E-state index < -0.39 is 0 Å². The highest BCUT2D eigenvalue weighted by Crippen LogP contribution is 2.40. The lowest BCUT2D eigenvalue weighted by atomic mass is 10.1. The molecule has 156 valence electrons. The zero-order valence-corrected chi connectivity index (χ0v) is 17.5. The number of fused-ring (bicyclic) bond motifs is 1. The molecule has 0 aliphatic heterocycles. The molecule has 0 saturated heterocycles. The van der Waals surface area contributed by atoms with E-state index in [9.17, 15) is 5.26 Å². The first-order valence-electron chi connectivity index (χ1n) is 9.38. The van der Waals surface area contributed by atoms with E-state index in [-0.39, 0.29) is 0 Å². The number of ether oxygens (including phenoxy) is 3. The van der Waals surface area contributed by atoms with Crippen molar-refractivity contribution in [3.63, 3.8) is 0 Å². The maximum Gasteiger partial charge on any atom is 0.245 e. The van der Waals surface area contributed by atoms with E-state index in [0.717, 1.165) is 16.8 Å². The topological polar surface area (TPSA) is 107 Å². The van der Waals surface area contributed by atoms with Crippen molar-refractivity contribution in [2.24, 2.45) is 0 Å². The van der Waals surface area contributed by atoms with Gasteiger partial charge in [-0.2, -0.15) is 5.26 Å². The van der Waals surface area contributed by atoms with Crippen molar-refractivity contribution in [2.75, 3.05) is 26.6 Å². The second kappa shape index (κ2) is 8.20. The molecule has 0 saturated carbocycles. The summed E-state index contributed by atoms with van der Waals surface area (Å²) in [5.41, 5.74) is 3.57. The standard InChI is InChI=1S/C22H20N6O3/c1-13-17-12-24-22(26-16-9-18(29-2)20(31-4)19(10-16)30-3)27-28(17)21(25-13)15-7-5-6-14(8-15)11-23/h5-10,12H,1-4H3,(H,26,27). The highest BCUT2D eigenvalue weighted by molar-refractivity contribution is 5.68. The molecule has 2 aromatic heterocycles. The van der Waals surface area contributed by atoms with Gasteiger partial charge in [0.1, 0.15) is 5.52 Å². The molecule has 0 atom stereocenters. The first kappa shape index (κ1) is 20.0. The van der Waals surface area contributed by atoms with Crippen LogP contribution in [0.1, 0.15) is 11.3 Å². The Morgan fingerprint density at radius 3 is 2.42 bits per heavy atom. The molecule has 9 nitrogen and oxygen atoms in total. The van der Waals surface area contributed by atoms with Gasteiger partial charge in [-0.05, 0) is 19.1 Å². The Morgan fingerprint density at radius 1 is 1.03 bits per heavy atom. The van der Waals surface area contributed by atoms with Crippen molar-refractivity contribution >= 4 is 17.2 Å². The molecule has 2 heterocycles. The van der Waals surface area contributed by atoms with Gasteiger partial charge in [-0.15, -0.1) is 5.10 Å². The third-order valence-electron chi connectivity index (χ3n) is 4.75. The molecule has 31 heavy (non-hydrogen) atoms. The Hall–Kier alpha value is -4.32. The van der Waals surface area contributed by atoms with E-state index >= 15 is 0 Å². The highest BCUT2D eigenvalue weighted by Gasteiger charge is 2.16. The smallest absolute Gasteiger partial charge is 0.245 e. The average Bonchev–Trinajstić information content (AvgIpc) is 3.14. The average molecular weight is 416 g/mol. The minimum atomic E-state index is 0.358. The van der Waals surface area contributed by atoms with Crippen LogP contribution in [0.5, 0.6) is 17.2 Å². The van der Waals surface area contributed by atoms with Gasteiger partial charge in [0.15, 0.2) is 17.3 Å². The lowest BCUT2D eigenvalue weighted by Crippen LogP contribution is -2.04. The van der Waals surface area contributed by atoms with Crippen molar-refractivity contribution in [1.82, 2.24) is 19.6 Å². The highest BCUT2D eigenvalue weighted by atomic mass is 16.5. The molecular formula is C22H20N6O3. The van der Waals surface area contributed by atoms with Gasteiger partial charge in [0.25, 0.3) is 0 Å². The van der Waals surface area contributed by atoms with Crippen LogP contribution in [0.4, 0.5) is 11.6 Å². The monoisotopic (exact) mass is 416 g/mol. The first-order valence-corrected chi connectivity index (χ1v) is 9.38. The number of hydrogen-bond acceptors (Lipinski definition) is 8. The van der Waals surface area contributed by atoms with Crippen LogP contribution in [0.25, 0.3) is 16.9 Å². The number of aryl methyl sites for hydroxylation is 1. The van der Waals surface area contributed by atoms with Crippen LogP contribution in [0.2, 0.25) is 0 Å². The van der Waals surface area contributed by atoms with Gasteiger partial charge in [0, 0.05) is 23.4 Å². The predicted molar refractivity (Wildman–Crippen MR) is 115 cm³/mol. The Balaban J connectivity index is 1.77. The summed E-state index contributed by atoms with van der Waals surface area (Å²) in [6.07, 6.45) is 1.70. The zero-order chi connectivity index (χ0) is 22.0. The van der Waals surface area contributed by atoms with E-state index in [2.05, 4.69) is 26.5 Å². The molecule has 4 aromatic rings. The number of methoxy groups -OCH3 is 3. The summed E-state index contributed by atoms with van der Waals surface area (Å²) in [6, 6.07) is 12.9. The van der Waals surface area contributed by atoms with Gasteiger partial charge in [-0.25, -0.2) is 14.5 Å². The maximum absolute atomic E-state index is 9.22. The van der Waals surface area contributed by atoms with Crippen LogP contribution in [0, 0.1) is 18.3 Å². The zero-order valence-electron chi connectivity index (χ0n) is 17.5. The molecule has 0 bridgehead atoms. The largest absolute Gasteiger partial charge is 0.493 e. The van der Waals surface area contributed by atoms with E-state index in [0.29, 0.717) is 40.3 Å². The molecule has 0 aliphatic carbocycles.